The number of fused-ring (bicyclic) bond motifs is 1. The van der Waals surface area contributed by atoms with E-state index in [0.717, 1.165) is 16.6 Å². The van der Waals surface area contributed by atoms with Gasteiger partial charge in [0.05, 0.1) is 11.0 Å². The quantitative estimate of drug-likeness (QED) is 0.793. The fourth-order valence-electron chi connectivity index (χ4n) is 2.35. The Morgan fingerprint density at radius 1 is 1.15 bits per heavy atom. The number of aromatic nitrogens is 2. The lowest BCUT2D eigenvalue weighted by Gasteiger charge is -2.11. The maximum absolute atomic E-state index is 13.0. The molecule has 0 bridgehead atoms. The second kappa shape index (κ2) is 5.06. The summed E-state index contributed by atoms with van der Waals surface area (Å²) in [5.74, 6) is 0.371. The molecule has 0 aliphatic carbocycles. The number of halogens is 1. The van der Waals surface area contributed by atoms with Crippen molar-refractivity contribution in [3.05, 3.63) is 65.7 Å². The summed E-state index contributed by atoms with van der Waals surface area (Å²) in [4.78, 5) is 4.46. The number of nitrogens with zero attached hydrogens (tertiary/aromatic N) is 2. The fraction of sp³-hybridized carbons (Fsp3) is 0.188. The topological polar surface area (TPSA) is 38.1 Å². The number of aliphatic hydroxyl groups excluding tert-OH is 1. The maximum Gasteiger partial charge on any atom is 0.138 e. The van der Waals surface area contributed by atoms with Crippen molar-refractivity contribution in [3.8, 4) is 0 Å². The highest BCUT2D eigenvalue weighted by atomic mass is 19.1. The minimum absolute atomic E-state index is 0.250. The van der Waals surface area contributed by atoms with Gasteiger partial charge in [-0.3, -0.25) is 0 Å². The lowest BCUT2D eigenvalue weighted by atomic mass is 10.2. The van der Waals surface area contributed by atoms with Crippen molar-refractivity contribution in [1.82, 2.24) is 9.55 Å². The van der Waals surface area contributed by atoms with Gasteiger partial charge in [0.25, 0.3) is 0 Å². The summed E-state index contributed by atoms with van der Waals surface area (Å²) < 4.78 is 14.9. The summed E-state index contributed by atoms with van der Waals surface area (Å²) in [5, 5.41) is 9.88. The Hall–Kier alpha value is -2.20. The second-order valence-corrected chi connectivity index (χ2v) is 4.85. The lowest BCUT2D eigenvalue weighted by molar-refractivity contribution is 0.185. The zero-order valence-corrected chi connectivity index (χ0v) is 11.1. The zero-order valence-electron chi connectivity index (χ0n) is 11.1. The van der Waals surface area contributed by atoms with E-state index in [0.29, 0.717) is 12.4 Å². The van der Waals surface area contributed by atoms with E-state index >= 15 is 0 Å². The van der Waals surface area contributed by atoms with Gasteiger partial charge in [-0.2, -0.15) is 0 Å². The molecule has 1 heterocycles. The molecule has 3 rings (SSSR count). The molecule has 3 nitrogen and oxygen atoms in total. The van der Waals surface area contributed by atoms with Crippen LogP contribution >= 0.6 is 0 Å². The largest absolute Gasteiger partial charge is 0.385 e. The first-order valence-corrected chi connectivity index (χ1v) is 6.53. The highest BCUT2D eigenvalue weighted by molar-refractivity contribution is 5.76. The third kappa shape index (κ3) is 2.30. The number of hydrogen-bond donors (Lipinski definition) is 1. The molecule has 1 N–H and O–H groups in total. The van der Waals surface area contributed by atoms with Crippen LogP contribution in [0.25, 0.3) is 11.0 Å². The van der Waals surface area contributed by atoms with Crippen LogP contribution in [0.2, 0.25) is 0 Å². The molecule has 102 valence electrons. The number of rotatable bonds is 3. The Labute approximate surface area is 116 Å². The van der Waals surface area contributed by atoms with E-state index in [1.165, 1.54) is 12.1 Å². The molecule has 0 fully saturated rings. The molecule has 0 spiro atoms. The Bertz CT molecular complexity index is 732. The SMILES string of the molecule is CC(O)c1nc2ccccc2n1Cc1ccc(F)cc1. The average molecular weight is 270 g/mol. The monoisotopic (exact) mass is 270 g/mol. The Balaban J connectivity index is 2.09. The molecular formula is C16H15FN2O. The molecule has 0 aliphatic rings. The molecule has 0 saturated carbocycles. The van der Waals surface area contributed by atoms with Gasteiger partial charge in [0.2, 0.25) is 0 Å². The Morgan fingerprint density at radius 3 is 2.55 bits per heavy atom. The minimum atomic E-state index is -0.650. The van der Waals surface area contributed by atoms with Crippen molar-refractivity contribution in [2.24, 2.45) is 0 Å². The highest BCUT2D eigenvalue weighted by Crippen LogP contribution is 2.22. The maximum atomic E-state index is 13.0. The van der Waals surface area contributed by atoms with Crippen molar-refractivity contribution < 1.29 is 9.50 Å². The summed E-state index contributed by atoms with van der Waals surface area (Å²) in [6.45, 7) is 2.25. The van der Waals surface area contributed by atoms with Gasteiger partial charge in [-0.05, 0) is 36.8 Å². The van der Waals surface area contributed by atoms with E-state index in [2.05, 4.69) is 4.98 Å². The van der Waals surface area contributed by atoms with Crippen LogP contribution in [0, 0.1) is 5.82 Å². The van der Waals surface area contributed by atoms with Crippen LogP contribution in [0.1, 0.15) is 24.4 Å². The van der Waals surface area contributed by atoms with Gasteiger partial charge >= 0.3 is 0 Å². The molecule has 3 aromatic rings. The molecule has 4 heteroatoms. The van der Waals surface area contributed by atoms with Gasteiger partial charge in [-0.1, -0.05) is 24.3 Å². The van der Waals surface area contributed by atoms with Gasteiger partial charge < -0.3 is 9.67 Å². The number of para-hydroxylation sites is 2. The van der Waals surface area contributed by atoms with Crippen LogP contribution in [0.5, 0.6) is 0 Å². The fourth-order valence-corrected chi connectivity index (χ4v) is 2.35. The second-order valence-electron chi connectivity index (χ2n) is 4.85. The van der Waals surface area contributed by atoms with Crippen LogP contribution in [0.4, 0.5) is 4.39 Å². The number of hydrogen-bond acceptors (Lipinski definition) is 2. The summed E-state index contributed by atoms with van der Waals surface area (Å²) in [6.07, 6.45) is -0.650. The molecule has 0 radical (unpaired) electrons. The third-order valence-electron chi connectivity index (χ3n) is 3.31. The zero-order chi connectivity index (χ0) is 14.1. The van der Waals surface area contributed by atoms with Crippen LogP contribution in [0.3, 0.4) is 0 Å². The predicted molar refractivity (Wildman–Crippen MR) is 75.9 cm³/mol. The Kier molecular flexibility index (Phi) is 3.24. The van der Waals surface area contributed by atoms with Gasteiger partial charge in [0, 0.05) is 6.54 Å². The molecule has 20 heavy (non-hydrogen) atoms. The molecule has 1 atom stereocenters. The van der Waals surface area contributed by atoms with E-state index in [-0.39, 0.29) is 5.82 Å². The van der Waals surface area contributed by atoms with Crippen molar-refractivity contribution in [1.29, 1.82) is 0 Å². The predicted octanol–water partition coefficient (Wildman–Crippen LogP) is 3.28. The number of benzene rings is 2. The van der Waals surface area contributed by atoms with E-state index in [9.17, 15) is 9.50 Å². The summed E-state index contributed by atoms with van der Waals surface area (Å²) in [7, 11) is 0. The van der Waals surface area contributed by atoms with Gasteiger partial charge in [0.15, 0.2) is 0 Å². The number of imidazole rings is 1. The summed E-state index contributed by atoms with van der Waals surface area (Å²) in [5.41, 5.74) is 2.79. The van der Waals surface area contributed by atoms with Crippen molar-refractivity contribution in [2.45, 2.75) is 19.6 Å². The standard InChI is InChI=1S/C16H15FN2O/c1-11(20)16-18-14-4-2-3-5-15(14)19(16)10-12-6-8-13(17)9-7-12/h2-9,11,20H,10H2,1H3. The molecule has 0 amide bonds. The molecule has 1 aromatic heterocycles. The summed E-state index contributed by atoms with van der Waals surface area (Å²) in [6, 6.07) is 14.1. The first kappa shape index (κ1) is 12.8. The summed E-state index contributed by atoms with van der Waals surface area (Å²) >= 11 is 0. The van der Waals surface area contributed by atoms with Crippen molar-refractivity contribution in [3.63, 3.8) is 0 Å². The van der Waals surface area contributed by atoms with Crippen LogP contribution in [0.15, 0.2) is 48.5 Å². The molecule has 1 unspecified atom stereocenters. The van der Waals surface area contributed by atoms with Crippen LogP contribution in [-0.2, 0) is 6.54 Å². The van der Waals surface area contributed by atoms with Crippen LogP contribution < -0.4 is 0 Å². The first-order chi connectivity index (χ1) is 9.65. The van der Waals surface area contributed by atoms with Crippen LogP contribution in [-0.4, -0.2) is 14.7 Å². The van der Waals surface area contributed by atoms with E-state index in [1.54, 1.807) is 19.1 Å². The molecule has 0 aliphatic heterocycles. The van der Waals surface area contributed by atoms with Gasteiger partial charge in [0.1, 0.15) is 17.7 Å². The number of aliphatic hydroxyl groups is 1. The Morgan fingerprint density at radius 2 is 1.85 bits per heavy atom. The average Bonchev–Trinajstić information content (AvgIpc) is 2.81. The lowest BCUT2D eigenvalue weighted by Crippen LogP contribution is -2.07. The molecule has 2 aromatic carbocycles. The van der Waals surface area contributed by atoms with Crippen molar-refractivity contribution in [2.75, 3.05) is 0 Å². The molecule has 0 saturated heterocycles. The third-order valence-corrected chi connectivity index (χ3v) is 3.31. The van der Waals surface area contributed by atoms with Gasteiger partial charge in [-0.25, -0.2) is 9.37 Å². The van der Waals surface area contributed by atoms with E-state index in [4.69, 9.17) is 0 Å². The first-order valence-electron chi connectivity index (χ1n) is 6.53. The normalized spacial score (nSPS) is 12.8. The van der Waals surface area contributed by atoms with Gasteiger partial charge in [-0.15, -0.1) is 0 Å². The van der Waals surface area contributed by atoms with Crippen molar-refractivity contribution >= 4 is 11.0 Å². The minimum Gasteiger partial charge on any atom is -0.385 e. The van der Waals surface area contributed by atoms with E-state index in [1.807, 2.05) is 28.8 Å². The highest BCUT2D eigenvalue weighted by Gasteiger charge is 2.14. The molecular weight excluding hydrogens is 255 g/mol. The van der Waals surface area contributed by atoms with E-state index < -0.39 is 6.10 Å². The smallest absolute Gasteiger partial charge is 0.138 e.